The quantitative estimate of drug-likeness (QED) is 0.870. The van der Waals surface area contributed by atoms with Crippen LogP contribution in [0, 0.1) is 0 Å². The van der Waals surface area contributed by atoms with E-state index in [1.807, 2.05) is 6.92 Å². The fraction of sp³-hybridized carbons (Fsp3) is 0.583. The van der Waals surface area contributed by atoms with Gasteiger partial charge in [-0.2, -0.15) is 0 Å². The first-order chi connectivity index (χ1) is 8.72. The molecule has 0 aliphatic heterocycles. The molecule has 0 fully saturated rings. The molecule has 5 nitrogen and oxygen atoms in total. The van der Waals surface area contributed by atoms with E-state index in [-0.39, 0.29) is 6.04 Å². The van der Waals surface area contributed by atoms with Crippen molar-refractivity contribution in [2.45, 2.75) is 46.2 Å². The Balaban J connectivity index is 1.89. The zero-order valence-corrected chi connectivity index (χ0v) is 11.8. The third-order valence-electron chi connectivity index (χ3n) is 2.69. The first-order valence-corrected chi connectivity index (χ1v) is 7.09. The summed E-state index contributed by atoms with van der Waals surface area (Å²) in [5.74, 6) is 1.31. The average Bonchev–Trinajstić information content (AvgIpc) is 3.04. The molecule has 18 heavy (non-hydrogen) atoms. The molecule has 2 rings (SSSR count). The minimum absolute atomic E-state index is 0.193. The number of hydrogen-bond donors (Lipinski definition) is 1. The fourth-order valence-corrected chi connectivity index (χ4v) is 2.37. The van der Waals surface area contributed by atoms with E-state index in [9.17, 15) is 0 Å². The molecular formula is C12H18N4OS. The number of hydrogen-bond acceptors (Lipinski definition) is 6. The molecule has 2 heterocycles. The molecule has 0 aliphatic rings. The summed E-state index contributed by atoms with van der Waals surface area (Å²) >= 11 is 1.70. The Morgan fingerprint density at radius 1 is 1.28 bits per heavy atom. The lowest BCUT2D eigenvalue weighted by atomic mass is 10.2. The molecule has 0 aliphatic carbocycles. The van der Waals surface area contributed by atoms with Crippen LogP contribution in [0.3, 0.4) is 0 Å². The highest BCUT2D eigenvalue weighted by Crippen LogP contribution is 2.17. The van der Waals surface area contributed by atoms with Crippen molar-refractivity contribution in [3.8, 4) is 0 Å². The van der Waals surface area contributed by atoms with Gasteiger partial charge in [-0.1, -0.05) is 13.8 Å². The third kappa shape index (κ3) is 3.14. The van der Waals surface area contributed by atoms with Crippen molar-refractivity contribution in [2.24, 2.45) is 0 Å². The Morgan fingerprint density at radius 2 is 2.06 bits per heavy atom. The minimum Gasteiger partial charge on any atom is -0.424 e. The molecule has 0 spiro atoms. The van der Waals surface area contributed by atoms with Crippen LogP contribution in [0.15, 0.2) is 9.80 Å². The first-order valence-electron chi connectivity index (χ1n) is 6.21. The van der Waals surface area contributed by atoms with Gasteiger partial charge in [-0.15, -0.1) is 21.5 Å². The van der Waals surface area contributed by atoms with Crippen molar-refractivity contribution in [3.05, 3.63) is 27.9 Å². The molecule has 98 valence electrons. The largest absolute Gasteiger partial charge is 0.424 e. The summed E-state index contributed by atoms with van der Waals surface area (Å²) in [7, 11) is 0. The minimum atomic E-state index is 0.193. The normalized spacial score (nSPS) is 12.8. The SMILES string of the molecule is CCc1nnc(CNC(C)c2csc(CC)n2)o1. The molecule has 1 atom stereocenters. The van der Waals surface area contributed by atoms with Gasteiger partial charge in [0.2, 0.25) is 11.8 Å². The highest BCUT2D eigenvalue weighted by atomic mass is 32.1. The van der Waals surface area contributed by atoms with E-state index in [0.29, 0.717) is 18.3 Å². The predicted octanol–water partition coefficient (Wildman–Crippen LogP) is 2.50. The van der Waals surface area contributed by atoms with Gasteiger partial charge in [0, 0.05) is 17.8 Å². The Labute approximate surface area is 111 Å². The lowest BCUT2D eigenvalue weighted by Crippen LogP contribution is -2.18. The number of aryl methyl sites for hydroxylation is 2. The van der Waals surface area contributed by atoms with Crippen molar-refractivity contribution in [2.75, 3.05) is 0 Å². The van der Waals surface area contributed by atoms with Crippen LogP contribution in [0.4, 0.5) is 0 Å². The van der Waals surface area contributed by atoms with E-state index in [2.05, 4.69) is 39.7 Å². The van der Waals surface area contributed by atoms with Gasteiger partial charge in [0.15, 0.2) is 0 Å². The van der Waals surface area contributed by atoms with Crippen molar-refractivity contribution in [3.63, 3.8) is 0 Å². The Morgan fingerprint density at radius 3 is 2.67 bits per heavy atom. The zero-order valence-electron chi connectivity index (χ0n) is 10.9. The number of rotatable bonds is 6. The maximum absolute atomic E-state index is 5.44. The Kier molecular flexibility index (Phi) is 4.43. The fourth-order valence-electron chi connectivity index (χ4n) is 1.53. The molecule has 1 N–H and O–H groups in total. The predicted molar refractivity (Wildman–Crippen MR) is 70.4 cm³/mol. The third-order valence-corrected chi connectivity index (χ3v) is 3.70. The zero-order chi connectivity index (χ0) is 13.0. The van der Waals surface area contributed by atoms with E-state index < -0.39 is 0 Å². The number of thiazole rings is 1. The summed E-state index contributed by atoms with van der Waals surface area (Å²) in [5.41, 5.74) is 1.08. The summed E-state index contributed by atoms with van der Waals surface area (Å²) in [6.45, 7) is 6.78. The molecular weight excluding hydrogens is 248 g/mol. The molecule has 0 saturated heterocycles. The van der Waals surface area contributed by atoms with Crippen LogP contribution in [-0.4, -0.2) is 15.2 Å². The molecule has 0 aromatic carbocycles. The highest BCUT2D eigenvalue weighted by molar-refractivity contribution is 7.09. The van der Waals surface area contributed by atoms with Gasteiger partial charge >= 0.3 is 0 Å². The number of nitrogens with one attached hydrogen (secondary N) is 1. The van der Waals surface area contributed by atoms with E-state index >= 15 is 0 Å². The van der Waals surface area contributed by atoms with E-state index in [0.717, 1.165) is 18.5 Å². The van der Waals surface area contributed by atoms with Crippen LogP contribution in [0.2, 0.25) is 0 Å². The first kappa shape index (κ1) is 13.2. The van der Waals surface area contributed by atoms with Crippen LogP contribution in [0.5, 0.6) is 0 Å². The maximum Gasteiger partial charge on any atom is 0.230 e. The Hall–Kier alpha value is -1.27. The van der Waals surface area contributed by atoms with Crippen LogP contribution in [0.25, 0.3) is 0 Å². The van der Waals surface area contributed by atoms with Crippen LogP contribution < -0.4 is 5.32 Å². The molecule has 2 aromatic heterocycles. The second kappa shape index (κ2) is 6.06. The molecule has 0 radical (unpaired) electrons. The number of aromatic nitrogens is 3. The molecule has 1 unspecified atom stereocenters. The maximum atomic E-state index is 5.44. The van der Waals surface area contributed by atoms with Crippen LogP contribution in [0.1, 0.15) is 49.3 Å². The Bertz CT molecular complexity index is 494. The van der Waals surface area contributed by atoms with Crippen LogP contribution in [-0.2, 0) is 19.4 Å². The summed E-state index contributed by atoms with van der Waals surface area (Å²) in [6.07, 6.45) is 1.76. The molecule has 0 bridgehead atoms. The molecule has 2 aromatic rings. The second-order valence-electron chi connectivity index (χ2n) is 4.07. The molecule has 6 heteroatoms. The van der Waals surface area contributed by atoms with E-state index in [1.54, 1.807) is 11.3 Å². The highest BCUT2D eigenvalue weighted by Gasteiger charge is 2.11. The summed E-state index contributed by atoms with van der Waals surface area (Å²) in [4.78, 5) is 4.55. The lowest BCUT2D eigenvalue weighted by molar-refractivity contribution is 0.420. The van der Waals surface area contributed by atoms with Gasteiger partial charge in [-0.3, -0.25) is 0 Å². The van der Waals surface area contributed by atoms with E-state index in [1.165, 1.54) is 5.01 Å². The lowest BCUT2D eigenvalue weighted by Gasteiger charge is -2.08. The second-order valence-corrected chi connectivity index (χ2v) is 5.01. The van der Waals surface area contributed by atoms with Crippen molar-refractivity contribution in [1.29, 1.82) is 0 Å². The van der Waals surface area contributed by atoms with E-state index in [4.69, 9.17) is 4.42 Å². The van der Waals surface area contributed by atoms with Gasteiger partial charge in [0.05, 0.1) is 17.2 Å². The van der Waals surface area contributed by atoms with Gasteiger partial charge in [-0.05, 0) is 13.3 Å². The standard InChI is InChI=1S/C12H18N4OS/c1-4-10-15-16-11(17-10)6-13-8(3)9-7-18-12(5-2)14-9/h7-8,13H,4-6H2,1-3H3. The smallest absolute Gasteiger partial charge is 0.230 e. The summed E-state index contributed by atoms with van der Waals surface area (Å²) in [6, 6.07) is 0.193. The molecule has 0 amide bonds. The van der Waals surface area contributed by atoms with Crippen LogP contribution >= 0.6 is 11.3 Å². The van der Waals surface area contributed by atoms with Gasteiger partial charge < -0.3 is 9.73 Å². The van der Waals surface area contributed by atoms with Gasteiger partial charge in [0.1, 0.15) is 0 Å². The summed E-state index contributed by atoms with van der Waals surface area (Å²) < 4.78 is 5.44. The van der Waals surface area contributed by atoms with Crippen molar-refractivity contribution >= 4 is 11.3 Å². The monoisotopic (exact) mass is 266 g/mol. The average molecular weight is 266 g/mol. The molecule has 0 saturated carbocycles. The van der Waals surface area contributed by atoms with Crippen molar-refractivity contribution in [1.82, 2.24) is 20.5 Å². The summed E-state index contributed by atoms with van der Waals surface area (Å²) in [5, 5.41) is 14.5. The topological polar surface area (TPSA) is 63.8 Å². The van der Waals surface area contributed by atoms with Gasteiger partial charge in [-0.25, -0.2) is 4.98 Å². The van der Waals surface area contributed by atoms with Gasteiger partial charge in [0.25, 0.3) is 0 Å². The number of nitrogens with zero attached hydrogens (tertiary/aromatic N) is 3. The van der Waals surface area contributed by atoms with Crippen molar-refractivity contribution < 1.29 is 4.42 Å².